The number of nitrogens with one attached hydrogen (secondary N) is 1. The van der Waals surface area contributed by atoms with E-state index in [1.807, 2.05) is 7.05 Å². The van der Waals surface area contributed by atoms with Gasteiger partial charge in [0.15, 0.2) is 0 Å². The van der Waals surface area contributed by atoms with Gasteiger partial charge >= 0.3 is 0 Å². The predicted molar refractivity (Wildman–Crippen MR) is 63.7 cm³/mol. The van der Waals surface area contributed by atoms with Crippen LogP contribution in [-0.2, 0) is 6.54 Å². The first-order chi connectivity index (χ1) is 8.15. The summed E-state index contributed by atoms with van der Waals surface area (Å²) < 4.78 is 26.1. The molecule has 4 heteroatoms. The van der Waals surface area contributed by atoms with Crippen LogP contribution in [0.5, 0.6) is 0 Å². The molecule has 1 N–H and O–H groups in total. The molecule has 0 amide bonds. The minimum atomic E-state index is -0.501. The molecule has 1 aliphatic heterocycles. The second kappa shape index (κ2) is 5.56. The first-order valence-electron chi connectivity index (χ1n) is 6.01. The topological polar surface area (TPSA) is 15.3 Å². The SMILES string of the molecule is CN(Cc1cc(F)cc(F)c1)C1CCNCC1. The van der Waals surface area contributed by atoms with Crippen LogP contribution in [0.4, 0.5) is 8.78 Å². The third kappa shape index (κ3) is 3.48. The molecule has 2 nitrogen and oxygen atoms in total. The molecule has 0 bridgehead atoms. The highest BCUT2D eigenvalue weighted by Crippen LogP contribution is 2.15. The minimum Gasteiger partial charge on any atom is -0.317 e. The summed E-state index contributed by atoms with van der Waals surface area (Å²) in [6.45, 7) is 2.64. The van der Waals surface area contributed by atoms with Gasteiger partial charge in [-0.2, -0.15) is 0 Å². The predicted octanol–water partition coefficient (Wildman–Crippen LogP) is 2.15. The molecule has 0 atom stereocenters. The molecule has 1 aromatic carbocycles. The Hall–Kier alpha value is -1.00. The second-order valence-electron chi connectivity index (χ2n) is 4.67. The lowest BCUT2D eigenvalue weighted by molar-refractivity contribution is 0.191. The van der Waals surface area contributed by atoms with Gasteiger partial charge in [-0.25, -0.2) is 8.78 Å². The average Bonchev–Trinajstić information content (AvgIpc) is 2.28. The summed E-state index contributed by atoms with van der Waals surface area (Å²) in [7, 11) is 2.01. The molecule has 0 radical (unpaired) electrons. The zero-order valence-corrected chi connectivity index (χ0v) is 10.0. The normalized spacial score (nSPS) is 17.6. The summed E-state index contributed by atoms with van der Waals surface area (Å²) in [5.41, 5.74) is 0.698. The minimum absolute atomic E-state index is 0.501. The lowest BCUT2D eigenvalue weighted by atomic mass is 10.0. The Kier molecular flexibility index (Phi) is 4.07. The number of hydrogen-bond donors (Lipinski definition) is 1. The molecule has 1 aliphatic rings. The van der Waals surface area contributed by atoms with Gasteiger partial charge in [-0.05, 0) is 50.7 Å². The second-order valence-corrected chi connectivity index (χ2v) is 4.67. The molecule has 1 fully saturated rings. The molecule has 0 saturated carbocycles. The van der Waals surface area contributed by atoms with Gasteiger partial charge in [0, 0.05) is 18.7 Å². The number of hydrogen-bond acceptors (Lipinski definition) is 2. The highest BCUT2D eigenvalue weighted by Gasteiger charge is 2.17. The largest absolute Gasteiger partial charge is 0.317 e. The standard InChI is InChI=1S/C13H18F2N2/c1-17(13-2-4-16-5-3-13)9-10-6-11(14)8-12(15)7-10/h6-8,13,16H,2-5,9H2,1H3. The van der Waals surface area contributed by atoms with Crippen molar-refractivity contribution >= 4 is 0 Å². The van der Waals surface area contributed by atoms with Gasteiger partial charge in [0.2, 0.25) is 0 Å². The van der Waals surface area contributed by atoms with Gasteiger partial charge in [0.25, 0.3) is 0 Å². The van der Waals surface area contributed by atoms with Crippen LogP contribution in [-0.4, -0.2) is 31.1 Å². The molecule has 1 saturated heterocycles. The van der Waals surface area contributed by atoms with Crippen LogP contribution < -0.4 is 5.32 Å². The van der Waals surface area contributed by atoms with E-state index in [4.69, 9.17) is 0 Å². The van der Waals surface area contributed by atoms with Crippen molar-refractivity contribution in [3.63, 3.8) is 0 Å². The van der Waals surface area contributed by atoms with Gasteiger partial charge in [-0.15, -0.1) is 0 Å². The summed E-state index contributed by atoms with van der Waals surface area (Å²) in [5.74, 6) is -1.00. The highest BCUT2D eigenvalue weighted by molar-refractivity contribution is 5.17. The molecule has 1 aromatic rings. The van der Waals surface area contributed by atoms with E-state index in [0.717, 1.165) is 32.0 Å². The van der Waals surface area contributed by atoms with Crippen LogP contribution in [0.25, 0.3) is 0 Å². The quantitative estimate of drug-likeness (QED) is 0.871. The first-order valence-corrected chi connectivity index (χ1v) is 6.01. The van der Waals surface area contributed by atoms with Crippen molar-refractivity contribution < 1.29 is 8.78 Å². The Morgan fingerprint density at radius 1 is 1.18 bits per heavy atom. The van der Waals surface area contributed by atoms with E-state index in [-0.39, 0.29) is 0 Å². The summed E-state index contributed by atoms with van der Waals surface area (Å²) in [6.07, 6.45) is 2.18. The van der Waals surface area contributed by atoms with Crippen molar-refractivity contribution in [2.75, 3.05) is 20.1 Å². The van der Waals surface area contributed by atoms with Crippen LogP contribution in [0.3, 0.4) is 0 Å². The summed E-state index contributed by atoms with van der Waals surface area (Å²) in [4.78, 5) is 2.18. The van der Waals surface area contributed by atoms with E-state index in [9.17, 15) is 8.78 Å². The average molecular weight is 240 g/mol. The van der Waals surface area contributed by atoms with Gasteiger partial charge in [0.05, 0.1) is 0 Å². The number of piperidine rings is 1. The number of benzene rings is 1. The van der Waals surface area contributed by atoms with Crippen LogP contribution >= 0.6 is 0 Å². The van der Waals surface area contributed by atoms with Crippen LogP contribution in [0.2, 0.25) is 0 Å². The summed E-state index contributed by atoms with van der Waals surface area (Å²) in [6, 6.07) is 4.22. The van der Waals surface area contributed by atoms with E-state index >= 15 is 0 Å². The fourth-order valence-electron chi connectivity index (χ4n) is 2.37. The Bertz CT molecular complexity index is 355. The van der Waals surface area contributed by atoms with E-state index in [1.54, 1.807) is 0 Å². The Balaban J connectivity index is 1.99. The zero-order valence-electron chi connectivity index (χ0n) is 10.0. The Labute approximate surface area is 101 Å². The molecule has 0 aliphatic carbocycles. The molecule has 0 aromatic heterocycles. The number of nitrogens with zero attached hydrogens (tertiary/aromatic N) is 1. The fourth-order valence-corrected chi connectivity index (χ4v) is 2.37. The number of halogens is 2. The van der Waals surface area contributed by atoms with Gasteiger partial charge < -0.3 is 5.32 Å². The summed E-state index contributed by atoms with van der Waals surface area (Å²) >= 11 is 0. The third-order valence-corrected chi connectivity index (χ3v) is 3.29. The molecule has 17 heavy (non-hydrogen) atoms. The lowest BCUT2D eigenvalue weighted by Gasteiger charge is -2.31. The molecule has 0 spiro atoms. The van der Waals surface area contributed by atoms with E-state index in [0.29, 0.717) is 18.2 Å². The third-order valence-electron chi connectivity index (χ3n) is 3.29. The number of rotatable bonds is 3. The van der Waals surface area contributed by atoms with Crippen molar-refractivity contribution in [3.05, 3.63) is 35.4 Å². The van der Waals surface area contributed by atoms with Crippen molar-refractivity contribution in [1.82, 2.24) is 10.2 Å². The highest BCUT2D eigenvalue weighted by atomic mass is 19.1. The molecule has 94 valence electrons. The van der Waals surface area contributed by atoms with Crippen molar-refractivity contribution in [2.24, 2.45) is 0 Å². The monoisotopic (exact) mass is 240 g/mol. The summed E-state index contributed by atoms with van der Waals surface area (Å²) in [5, 5.41) is 3.31. The van der Waals surface area contributed by atoms with Crippen LogP contribution in [0, 0.1) is 11.6 Å². The van der Waals surface area contributed by atoms with Crippen molar-refractivity contribution in [1.29, 1.82) is 0 Å². The van der Waals surface area contributed by atoms with Gasteiger partial charge in [-0.3, -0.25) is 4.90 Å². The molecule has 1 heterocycles. The fraction of sp³-hybridized carbons (Fsp3) is 0.538. The molecular weight excluding hydrogens is 222 g/mol. The smallest absolute Gasteiger partial charge is 0.126 e. The Morgan fingerprint density at radius 2 is 1.76 bits per heavy atom. The molecule has 0 unspecified atom stereocenters. The van der Waals surface area contributed by atoms with Crippen LogP contribution in [0.15, 0.2) is 18.2 Å². The maximum atomic E-state index is 13.1. The maximum absolute atomic E-state index is 13.1. The van der Waals surface area contributed by atoms with Gasteiger partial charge in [0.1, 0.15) is 11.6 Å². The Morgan fingerprint density at radius 3 is 2.35 bits per heavy atom. The van der Waals surface area contributed by atoms with Crippen molar-refractivity contribution in [2.45, 2.75) is 25.4 Å². The lowest BCUT2D eigenvalue weighted by Crippen LogP contribution is -2.40. The van der Waals surface area contributed by atoms with Crippen LogP contribution in [0.1, 0.15) is 18.4 Å². The van der Waals surface area contributed by atoms with Crippen molar-refractivity contribution in [3.8, 4) is 0 Å². The first kappa shape index (κ1) is 12.5. The van der Waals surface area contributed by atoms with Gasteiger partial charge in [-0.1, -0.05) is 0 Å². The van der Waals surface area contributed by atoms with E-state index in [2.05, 4.69) is 10.2 Å². The zero-order chi connectivity index (χ0) is 12.3. The van der Waals surface area contributed by atoms with E-state index < -0.39 is 11.6 Å². The maximum Gasteiger partial charge on any atom is 0.126 e. The molecule has 2 rings (SSSR count). The van der Waals surface area contributed by atoms with E-state index in [1.165, 1.54) is 12.1 Å². The molecular formula is C13H18F2N2.